The molecular formula is C28H29ClN4O5. The number of likely N-dealkylation sites (tertiary alicyclic amines) is 1. The lowest BCUT2D eigenvalue weighted by atomic mass is 10.1. The molecule has 2 aromatic heterocycles. The Balaban J connectivity index is 1.88. The van der Waals surface area contributed by atoms with E-state index in [1.807, 2.05) is 0 Å². The average molecular weight is 537 g/mol. The van der Waals surface area contributed by atoms with Crippen LogP contribution in [0.3, 0.4) is 0 Å². The topological polar surface area (TPSA) is 95.7 Å². The SMILES string of the molecule is COc1cccc2c1ncc1c(=O)n(-c3cccc(Cl)c3)c(=O)n(C3CCCCN3C(=O)OC(C)(C)C)c12. The van der Waals surface area contributed by atoms with Gasteiger partial charge < -0.3 is 9.47 Å². The summed E-state index contributed by atoms with van der Waals surface area (Å²) < 4.78 is 13.8. The van der Waals surface area contributed by atoms with Crippen LogP contribution in [0.4, 0.5) is 4.79 Å². The summed E-state index contributed by atoms with van der Waals surface area (Å²) in [5.74, 6) is 0.509. The minimum atomic E-state index is -0.713. The fourth-order valence-electron chi connectivity index (χ4n) is 5.01. The van der Waals surface area contributed by atoms with Gasteiger partial charge >= 0.3 is 11.8 Å². The van der Waals surface area contributed by atoms with E-state index < -0.39 is 29.1 Å². The van der Waals surface area contributed by atoms with Gasteiger partial charge in [0.1, 0.15) is 23.0 Å². The van der Waals surface area contributed by atoms with E-state index in [-0.39, 0.29) is 5.39 Å². The number of aromatic nitrogens is 3. The van der Waals surface area contributed by atoms with Gasteiger partial charge in [-0.1, -0.05) is 29.8 Å². The van der Waals surface area contributed by atoms with E-state index in [1.165, 1.54) is 17.9 Å². The third-order valence-corrected chi connectivity index (χ3v) is 6.82. The van der Waals surface area contributed by atoms with Crippen molar-refractivity contribution >= 4 is 39.5 Å². The Kier molecular flexibility index (Phi) is 6.65. The van der Waals surface area contributed by atoms with Crippen LogP contribution in [0.1, 0.15) is 46.2 Å². The molecule has 1 unspecified atom stereocenters. The van der Waals surface area contributed by atoms with Crippen molar-refractivity contribution in [1.29, 1.82) is 0 Å². The number of benzene rings is 2. The first-order valence-electron chi connectivity index (χ1n) is 12.5. The maximum atomic E-state index is 14.3. The second-order valence-electron chi connectivity index (χ2n) is 10.3. The van der Waals surface area contributed by atoms with E-state index in [0.29, 0.717) is 45.8 Å². The third kappa shape index (κ3) is 4.51. The van der Waals surface area contributed by atoms with Gasteiger partial charge in [0.05, 0.1) is 23.7 Å². The van der Waals surface area contributed by atoms with Gasteiger partial charge in [0.2, 0.25) is 0 Å². The molecule has 1 atom stereocenters. The van der Waals surface area contributed by atoms with Gasteiger partial charge in [0.25, 0.3) is 5.56 Å². The molecule has 0 radical (unpaired) electrons. The summed E-state index contributed by atoms with van der Waals surface area (Å²) in [6.07, 6.45) is 2.33. The second kappa shape index (κ2) is 9.79. The number of piperidine rings is 1. The highest BCUT2D eigenvalue weighted by molar-refractivity contribution is 6.30. The largest absolute Gasteiger partial charge is 0.494 e. The van der Waals surface area contributed by atoms with Crippen LogP contribution in [-0.2, 0) is 4.74 Å². The number of hydrogen-bond donors (Lipinski definition) is 0. The van der Waals surface area contributed by atoms with Gasteiger partial charge in [0.15, 0.2) is 0 Å². The fourth-order valence-corrected chi connectivity index (χ4v) is 5.19. The first-order chi connectivity index (χ1) is 18.1. The smallest absolute Gasteiger partial charge is 0.411 e. The van der Waals surface area contributed by atoms with Gasteiger partial charge in [-0.05, 0) is 64.3 Å². The lowest BCUT2D eigenvalue weighted by molar-refractivity contribution is -0.00125. The zero-order chi connectivity index (χ0) is 27.2. The van der Waals surface area contributed by atoms with Crippen LogP contribution in [0, 0.1) is 0 Å². The summed E-state index contributed by atoms with van der Waals surface area (Å²) in [5, 5.41) is 1.19. The highest BCUT2D eigenvalue weighted by Crippen LogP contribution is 2.33. The van der Waals surface area contributed by atoms with E-state index in [0.717, 1.165) is 17.4 Å². The number of methoxy groups -OCH3 is 1. The number of ether oxygens (including phenoxy) is 2. The molecule has 1 aliphatic rings. The Bertz CT molecular complexity index is 1670. The lowest BCUT2D eigenvalue weighted by Gasteiger charge is -2.38. The van der Waals surface area contributed by atoms with E-state index >= 15 is 0 Å². The minimum absolute atomic E-state index is 0.236. The predicted molar refractivity (Wildman–Crippen MR) is 146 cm³/mol. The molecule has 198 valence electrons. The van der Waals surface area contributed by atoms with E-state index in [4.69, 9.17) is 21.1 Å². The average Bonchev–Trinajstić information content (AvgIpc) is 2.87. The lowest BCUT2D eigenvalue weighted by Crippen LogP contribution is -2.49. The van der Waals surface area contributed by atoms with Crippen molar-refractivity contribution in [3.05, 3.63) is 74.5 Å². The molecule has 38 heavy (non-hydrogen) atoms. The molecule has 5 rings (SSSR count). The maximum Gasteiger partial charge on any atom is 0.411 e. The van der Waals surface area contributed by atoms with Gasteiger partial charge in [-0.3, -0.25) is 19.2 Å². The monoisotopic (exact) mass is 536 g/mol. The molecule has 0 saturated carbocycles. The zero-order valence-corrected chi connectivity index (χ0v) is 22.5. The van der Waals surface area contributed by atoms with Gasteiger partial charge in [0, 0.05) is 23.2 Å². The summed E-state index contributed by atoms with van der Waals surface area (Å²) in [4.78, 5) is 47.6. The maximum absolute atomic E-state index is 14.3. The Labute approximate surface area is 224 Å². The number of para-hydroxylation sites is 1. The molecule has 2 aromatic carbocycles. The Morgan fingerprint density at radius 3 is 2.55 bits per heavy atom. The molecule has 0 N–H and O–H groups in total. The quantitative estimate of drug-likeness (QED) is 0.330. The molecule has 1 fully saturated rings. The molecule has 4 aromatic rings. The van der Waals surface area contributed by atoms with E-state index in [2.05, 4.69) is 4.98 Å². The minimum Gasteiger partial charge on any atom is -0.494 e. The van der Waals surface area contributed by atoms with Crippen LogP contribution in [-0.4, -0.2) is 44.4 Å². The van der Waals surface area contributed by atoms with Gasteiger partial charge in [-0.15, -0.1) is 0 Å². The summed E-state index contributed by atoms with van der Waals surface area (Å²) in [6, 6.07) is 11.9. The van der Waals surface area contributed by atoms with Crippen LogP contribution in [0.15, 0.2) is 58.3 Å². The predicted octanol–water partition coefficient (Wildman–Crippen LogP) is 5.28. The van der Waals surface area contributed by atoms with E-state index in [1.54, 1.807) is 68.1 Å². The summed E-state index contributed by atoms with van der Waals surface area (Å²) in [5.41, 5.74) is -0.595. The highest BCUT2D eigenvalue weighted by Gasteiger charge is 2.34. The number of hydrogen-bond acceptors (Lipinski definition) is 6. The second-order valence-corrected chi connectivity index (χ2v) is 10.7. The Morgan fingerprint density at radius 2 is 1.84 bits per heavy atom. The van der Waals surface area contributed by atoms with Crippen molar-refractivity contribution in [2.24, 2.45) is 0 Å². The number of halogens is 1. The van der Waals surface area contributed by atoms with Crippen molar-refractivity contribution < 1.29 is 14.3 Å². The zero-order valence-electron chi connectivity index (χ0n) is 21.7. The molecule has 9 nitrogen and oxygen atoms in total. The highest BCUT2D eigenvalue weighted by atomic mass is 35.5. The van der Waals surface area contributed by atoms with Crippen molar-refractivity contribution in [3.63, 3.8) is 0 Å². The number of amides is 1. The number of carbonyl (C=O) groups excluding carboxylic acids is 1. The van der Waals surface area contributed by atoms with Gasteiger partial charge in [-0.2, -0.15) is 0 Å². The van der Waals surface area contributed by atoms with Crippen molar-refractivity contribution in [2.75, 3.05) is 13.7 Å². The number of pyridine rings is 1. The number of carbonyl (C=O) groups is 1. The molecule has 0 spiro atoms. The molecule has 10 heteroatoms. The number of nitrogens with zero attached hydrogens (tertiary/aromatic N) is 4. The van der Waals surface area contributed by atoms with Crippen LogP contribution in [0.5, 0.6) is 5.75 Å². The molecule has 1 saturated heterocycles. The number of fused-ring (bicyclic) bond motifs is 3. The Hall–Kier alpha value is -3.85. The van der Waals surface area contributed by atoms with Crippen LogP contribution in [0.25, 0.3) is 27.5 Å². The molecule has 1 aliphatic heterocycles. The molecule has 3 heterocycles. The van der Waals surface area contributed by atoms with Crippen molar-refractivity contribution in [3.8, 4) is 11.4 Å². The van der Waals surface area contributed by atoms with Crippen molar-refractivity contribution in [2.45, 2.75) is 51.8 Å². The summed E-state index contributed by atoms with van der Waals surface area (Å²) in [7, 11) is 1.54. The van der Waals surface area contributed by atoms with E-state index in [9.17, 15) is 14.4 Å². The third-order valence-electron chi connectivity index (χ3n) is 6.59. The summed E-state index contributed by atoms with van der Waals surface area (Å²) >= 11 is 6.22. The molecule has 1 amide bonds. The van der Waals surface area contributed by atoms with Crippen LogP contribution < -0.4 is 16.0 Å². The van der Waals surface area contributed by atoms with Crippen molar-refractivity contribution in [1.82, 2.24) is 19.0 Å². The van der Waals surface area contributed by atoms with Crippen LogP contribution >= 0.6 is 11.6 Å². The molecule has 0 aliphatic carbocycles. The first kappa shape index (κ1) is 25.8. The first-order valence-corrected chi connectivity index (χ1v) is 12.9. The number of rotatable bonds is 3. The Morgan fingerprint density at radius 1 is 1.08 bits per heavy atom. The molecule has 0 bridgehead atoms. The summed E-state index contributed by atoms with van der Waals surface area (Å²) in [6.45, 7) is 5.82. The molecular weight excluding hydrogens is 508 g/mol. The van der Waals surface area contributed by atoms with Crippen LogP contribution in [0.2, 0.25) is 5.02 Å². The standard InChI is InChI=1S/C28H29ClN4O5/c1-28(2,3)38-27(36)31-14-6-5-13-22(31)33-24-19-11-8-12-21(37-4)23(19)30-16-20(24)25(34)32(26(33)35)18-10-7-9-17(29)15-18/h7-12,15-16,22H,5-6,13-14H2,1-4H3. The normalized spacial score (nSPS) is 16.1. The van der Waals surface area contributed by atoms with Gasteiger partial charge in [-0.25, -0.2) is 14.2 Å². The fraction of sp³-hybridized carbons (Fsp3) is 0.357.